The molecule has 0 spiro atoms. The second-order valence-corrected chi connectivity index (χ2v) is 7.62. The van der Waals surface area contributed by atoms with E-state index in [2.05, 4.69) is 15.0 Å². The summed E-state index contributed by atoms with van der Waals surface area (Å²) in [5.74, 6) is -0.352. The van der Waals surface area contributed by atoms with Gasteiger partial charge in [0.05, 0.1) is 17.3 Å². The first-order valence-electron chi connectivity index (χ1n) is 7.25. The first kappa shape index (κ1) is 17.2. The molecule has 0 atom stereocenters. The molecule has 2 aromatic carbocycles. The van der Waals surface area contributed by atoms with Gasteiger partial charge in [0.25, 0.3) is 5.91 Å². The number of amides is 1. The molecule has 0 unspecified atom stereocenters. The van der Waals surface area contributed by atoms with Crippen molar-refractivity contribution < 1.29 is 13.2 Å². The van der Waals surface area contributed by atoms with Crippen LogP contribution < -0.4 is 10.0 Å². The van der Waals surface area contributed by atoms with Gasteiger partial charge in [-0.15, -0.1) is 0 Å². The second kappa shape index (κ2) is 6.70. The van der Waals surface area contributed by atoms with Gasteiger partial charge in [-0.2, -0.15) is 0 Å². The Bertz CT molecular complexity index is 1050. The van der Waals surface area contributed by atoms with E-state index in [9.17, 15) is 13.2 Å². The summed E-state index contributed by atoms with van der Waals surface area (Å²) in [5.41, 5.74) is 1.85. The number of benzene rings is 2. The summed E-state index contributed by atoms with van der Waals surface area (Å²) in [4.78, 5) is 16.8. The van der Waals surface area contributed by atoms with Crippen LogP contribution in [0.5, 0.6) is 0 Å². The predicted molar refractivity (Wildman–Crippen MR) is 99.6 cm³/mol. The number of halogens is 1. The van der Waals surface area contributed by atoms with Gasteiger partial charge in [0.2, 0.25) is 10.0 Å². The maximum absolute atomic E-state index is 12.6. The number of carbonyl (C=O) groups excluding carboxylic acids is 1. The molecule has 0 aliphatic carbocycles. The first-order chi connectivity index (χ1) is 11.8. The lowest BCUT2D eigenvalue weighted by Crippen LogP contribution is -2.13. The number of pyridine rings is 1. The third-order valence-corrected chi connectivity index (χ3v) is 4.19. The van der Waals surface area contributed by atoms with Crippen molar-refractivity contribution in [2.75, 3.05) is 16.3 Å². The Morgan fingerprint density at radius 1 is 1.08 bits per heavy atom. The van der Waals surface area contributed by atoms with Crippen LogP contribution in [-0.2, 0) is 10.0 Å². The van der Waals surface area contributed by atoms with E-state index in [1.165, 1.54) is 0 Å². The molecule has 1 amide bonds. The van der Waals surface area contributed by atoms with E-state index in [4.69, 9.17) is 11.6 Å². The van der Waals surface area contributed by atoms with Gasteiger partial charge >= 0.3 is 0 Å². The van der Waals surface area contributed by atoms with Crippen LogP contribution in [0.25, 0.3) is 10.9 Å². The zero-order valence-electron chi connectivity index (χ0n) is 13.2. The maximum Gasteiger partial charge on any atom is 0.257 e. The smallest absolute Gasteiger partial charge is 0.257 e. The zero-order valence-corrected chi connectivity index (χ0v) is 14.7. The van der Waals surface area contributed by atoms with Gasteiger partial charge in [-0.25, -0.2) is 8.42 Å². The molecule has 0 fully saturated rings. The lowest BCUT2D eigenvalue weighted by atomic mass is 10.1. The summed E-state index contributed by atoms with van der Waals surface area (Å²) >= 11 is 6.08. The van der Waals surface area contributed by atoms with E-state index in [0.717, 1.165) is 11.6 Å². The topological polar surface area (TPSA) is 88.2 Å². The van der Waals surface area contributed by atoms with Crippen LogP contribution in [0, 0.1) is 0 Å². The maximum atomic E-state index is 12.6. The Hall–Kier alpha value is -2.64. The summed E-state index contributed by atoms with van der Waals surface area (Å²) in [6, 6.07) is 13.2. The molecule has 2 N–H and O–H groups in total. The summed E-state index contributed by atoms with van der Waals surface area (Å²) in [7, 11) is -3.35. The SMILES string of the molecule is CS(=O)(=O)Nc1ccc(NC(=O)c2cc(Cl)cc3cccnc23)cc1. The van der Waals surface area contributed by atoms with E-state index in [1.807, 2.05) is 6.07 Å². The third-order valence-electron chi connectivity index (χ3n) is 3.36. The Morgan fingerprint density at radius 2 is 1.76 bits per heavy atom. The summed E-state index contributed by atoms with van der Waals surface area (Å²) in [6.07, 6.45) is 2.68. The molecule has 6 nitrogen and oxygen atoms in total. The molecule has 0 aliphatic heterocycles. The van der Waals surface area contributed by atoms with Crippen molar-refractivity contribution in [3.8, 4) is 0 Å². The van der Waals surface area contributed by atoms with Crippen LogP contribution in [-0.4, -0.2) is 25.6 Å². The Balaban J connectivity index is 1.86. The number of hydrogen-bond donors (Lipinski definition) is 2. The lowest BCUT2D eigenvalue weighted by molar-refractivity contribution is 0.102. The number of sulfonamides is 1. The van der Waals surface area contributed by atoms with Crippen molar-refractivity contribution in [3.63, 3.8) is 0 Å². The minimum Gasteiger partial charge on any atom is -0.322 e. The number of hydrogen-bond acceptors (Lipinski definition) is 4. The molecule has 25 heavy (non-hydrogen) atoms. The molecule has 0 radical (unpaired) electrons. The van der Waals surface area contributed by atoms with E-state index < -0.39 is 10.0 Å². The molecule has 0 aliphatic rings. The Kier molecular flexibility index (Phi) is 4.61. The number of nitrogens with zero attached hydrogens (tertiary/aromatic N) is 1. The van der Waals surface area contributed by atoms with Crippen molar-refractivity contribution in [1.29, 1.82) is 0 Å². The minimum absolute atomic E-state index is 0.352. The quantitative estimate of drug-likeness (QED) is 0.730. The monoisotopic (exact) mass is 375 g/mol. The van der Waals surface area contributed by atoms with Crippen LogP contribution in [0.15, 0.2) is 54.7 Å². The van der Waals surface area contributed by atoms with Gasteiger partial charge < -0.3 is 5.32 Å². The van der Waals surface area contributed by atoms with Gasteiger partial charge in [-0.05, 0) is 42.5 Å². The summed E-state index contributed by atoms with van der Waals surface area (Å²) < 4.78 is 24.8. The number of anilines is 2. The van der Waals surface area contributed by atoms with Gasteiger partial charge in [-0.1, -0.05) is 17.7 Å². The highest BCUT2D eigenvalue weighted by Gasteiger charge is 2.13. The van der Waals surface area contributed by atoms with Crippen LogP contribution in [0.2, 0.25) is 5.02 Å². The first-order valence-corrected chi connectivity index (χ1v) is 9.52. The molecule has 1 aromatic heterocycles. The molecular formula is C17H14ClN3O3S. The molecule has 128 valence electrons. The molecule has 3 rings (SSSR count). The van der Waals surface area contributed by atoms with Gasteiger partial charge in [0.1, 0.15) is 0 Å². The number of rotatable bonds is 4. The number of nitrogens with one attached hydrogen (secondary N) is 2. The highest BCUT2D eigenvalue weighted by molar-refractivity contribution is 7.92. The fourth-order valence-electron chi connectivity index (χ4n) is 2.36. The molecule has 8 heteroatoms. The standard InChI is InChI=1S/C17H14ClN3O3S/c1-25(23,24)21-14-6-4-13(5-7-14)20-17(22)15-10-12(18)9-11-3-2-8-19-16(11)15/h2-10,21H,1H3,(H,20,22). The van der Waals surface area contributed by atoms with Crippen LogP contribution in [0.1, 0.15) is 10.4 Å². The minimum atomic E-state index is -3.35. The van der Waals surface area contributed by atoms with E-state index in [1.54, 1.807) is 48.7 Å². The molecule has 1 heterocycles. The summed E-state index contributed by atoms with van der Waals surface area (Å²) in [6.45, 7) is 0. The molecule has 0 bridgehead atoms. The van der Waals surface area contributed by atoms with Gasteiger partial charge in [0, 0.05) is 28.0 Å². The van der Waals surface area contributed by atoms with E-state index in [-0.39, 0.29) is 5.91 Å². The Labute approximate surface area is 149 Å². The number of carbonyl (C=O) groups is 1. The highest BCUT2D eigenvalue weighted by atomic mass is 35.5. The predicted octanol–water partition coefficient (Wildman–Crippen LogP) is 3.51. The fraction of sp³-hybridized carbons (Fsp3) is 0.0588. The van der Waals surface area contributed by atoms with E-state index in [0.29, 0.717) is 27.5 Å². The van der Waals surface area contributed by atoms with Gasteiger partial charge in [-0.3, -0.25) is 14.5 Å². The van der Waals surface area contributed by atoms with Crippen molar-refractivity contribution in [2.24, 2.45) is 0 Å². The highest BCUT2D eigenvalue weighted by Crippen LogP contribution is 2.23. The average Bonchev–Trinajstić information content (AvgIpc) is 2.54. The van der Waals surface area contributed by atoms with Gasteiger partial charge in [0.15, 0.2) is 0 Å². The van der Waals surface area contributed by atoms with Crippen molar-refractivity contribution in [3.05, 3.63) is 65.3 Å². The normalized spacial score (nSPS) is 11.3. The number of aromatic nitrogens is 1. The second-order valence-electron chi connectivity index (χ2n) is 5.43. The van der Waals surface area contributed by atoms with Crippen molar-refractivity contribution in [2.45, 2.75) is 0 Å². The Morgan fingerprint density at radius 3 is 2.44 bits per heavy atom. The van der Waals surface area contributed by atoms with E-state index >= 15 is 0 Å². The largest absolute Gasteiger partial charge is 0.322 e. The molecule has 3 aromatic rings. The third kappa shape index (κ3) is 4.26. The molecular weight excluding hydrogens is 362 g/mol. The van der Waals surface area contributed by atoms with Crippen LogP contribution in [0.4, 0.5) is 11.4 Å². The molecule has 0 saturated heterocycles. The number of fused-ring (bicyclic) bond motifs is 1. The van der Waals surface area contributed by atoms with Crippen molar-refractivity contribution in [1.82, 2.24) is 4.98 Å². The zero-order chi connectivity index (χ0) is 18.0. The fourth-order valence-corrected chi connectivity index (χ4v) is 3.15. The lowest BCUT2D eigenvalue weighted by Gasteiger charge is -2.09. The average molecular weight is 376 g/mol. The van der Waals surface area contributed by atoms with Crippen LogP contribution in [0.3, 0.4) is 0 Å². The summed E-state index contributed by atoms with van der Waals surface area (Å²) in [5, 5.41) is 3.97. The van der Waals surface area contributed by atoms with Crippen molar-refractivity contribution >= 4 is 49.8 Å². The molecule has 0 saturated carbocycles. The van der Waals surface area contributed by atoms with Crippen LogP contribution >= 0.6 is 11.6 Å².